The molecule has 4 rings (SSSR count). The molecule has 26 heavy (non-hydrogen) atoms. The highest BCUT2D eigenvalue weighted by molar-refractivity contribution is 7.71. The predicted octanol–water partition coefficient (Wildman–Crippen LogP) is 3.89. The number of benzene rings is 1. The zero-order chi connectivity index (χ0) is 18.1. The maximum atomic E-state index is 12.8. The highest BCUT2D eigenvalue weighted by atomic mass is 32.1. The van der Waals surface area contributed by atoms with Crippen LogP contribution in [-0.4, -0.2) is 46.5 Å². The lowest BCUT2D eigenvalue weighted by molar-refractivity contribution is -0.139. The number of para-hydroxylation sites is 2. The molecule has 2 fully saturated rings. The van der Waals surface area contributed by atoms with Gasteiger partial charge in [-0.25, -0.2) is 0 Å². The summed E-state index contributed by atoms with van der Waals surface area (Å²) in [5.41, 5.74) is 1.87. The number of rotatable bonds is 3. The standard InChI is InChI=1S/C20H27N3O2S/c1-15-5-4-10-22(13-15)19(24)16-8-11-21(12-9-16)14-23-17-6-2-3-7-18(17)25-20(23)26/h2-3,6-7,15-16H,4-5,8-14H2,1H3. The third-order valence-corrected chi connectivity index (χ3v) is 6.12. The normalized spacial score (nSPS) is 22.8. The van der Waals surface area contributed by atoms with Gasteiger partial charge in [0.15, 0.2) is 5.58 Å². The summed E-state index contributed by atoms with van der Waals surface area (Å²) in [7, 11) is 0. The number of likely N-dealkylation sites (tertiary alicyclic amines) is 2. The van der Waals surface area contributed by atoms with E-state index < -0.39 is 0 Å². The van der Waals surface area contributed by atoms with Gasteiger partial charge in [-0.05, 0) is 56.0 Å². The van der Waals surface area contributed by atoms with Crippen LogP contribution >= 0.6 is 12.2 Å². The van der Waals surface area contributed by atoms with Crippen LogP contribution < -0.4 is 0 Å². The number of hydrogen-bond donors (Lipinski definition) is 0. The lowest BCUT2D eigenvalue weighted by Gasteiger charge is -2.37. The Morgan fingerprint density at radius 3 is 2.73 bits per heavy atom. The Bertz CT molecular complexity index is 835. The van der Waals surface area contributed by atoms with Crippen LogP contribution in [0.15, 0.2) is 28.7 Å². The Labute approximate surface area is 159 Å². The molecule has 0 N–H and O–H groups in total. The van der Waals surface area contributed by atoms with Gasteiger partial charge in [-0.2, -0.15) is 0 Å². The van der Waals surface area contributed by atoms with Crippen molar-refractivity contribution in [1.29, 1.82) is 0 Å². The maximum Gasteiger partial charge on any atom is 0.270 e. The highest BCUT2D eigenvalue weighted by Crippen LogP contribution is 2.25. The van der Waals surface area contributed by atoms with Crippen molar-refractivity contribution in [1.82, 2.24) is 14.4 Å². The van der Waals surface area contributed by atoms with Gasteiger partial charge in [0.1, 0.15) is 0 Å². The molecule has 2 aromatic rings. The molecule has 140 valence electrons. The Morgan fingerprint density at radius 2 is 1.96 bits per heavy atom. The summed E-state index contributed by atoms with van der Waals surface area (Å²) in [6.45, 7) is 6.73. The number of nitrogens with zero attached hydrogens (tertiary/aromatic N) is 3. The minimum absolute atomic E-state index is 0.186. The number of aromatic nitrogens is 1. The monoisotopic (exact) mass is 373 g/mol. The second-order valence-corrected chi connectivity index (χ2v) is 8.18. The molecule has 0 radical (unpaired) electrons. The molecule has 2 saturated heterocycles. The quantitative estimate of drug-likeness (QED) is 0.766. The first-order valence-electron chi connectivity index (χ1n) is 9.71. The van der Waals surface area contributed by atoms with Crippen molar-refractivity contribution < 1.29 is 9.21 Å². The molecule has 2 aliphatic heterocycles. The lowest BCUT2D eigenvalue weighted by atomic mass is 9.93. The second-order valence-electron chi connectivity index (χ2n) is 7.83. The van der Waals surface area contributed by atoms with Crippen LogP contribution in [0.2, 0.25) is 0 Å². The molecule has 5 nitrogen and oxygen atoms in total. The van der Waals surface area contributed by atoms with E-state index in [0.29, 0.717) is 16.7 Å². The minimum atomic E-state index is 0.186. The highest BCUT2D eigenvalue weighted by Gasteiger charge is 2.30. The summed E-state index contributed by atoms with van der Waals surface area (Å²) in [6.07, 6.45) is 4.28. The Kier molecular flexibility index (Phi) is 5.14. The molecule has 1 aromatic heterocycles. The van der Waals surface area contributed by atoms with Crippen LogP contribution in [0, 0.1) is 16.7 Å². The topological polar surface area (TPSA) is 41.6 Å². The van der Waals surface area contributed by atoms with E-state index in [1.807, 2.05) is 24.3 Å². The zero-order valence-electron chi connectivity index (χ0n) is 15.4. The second kappa shape index (κ2) is 7.53. The number of oxazole rings is 1. The van der Waals surface area contributed by atoms with Gasteiger partial charge >= 0.3 is 0 Å². The summed E-state index contributed by atoms with van der Waals surface area (Å²) < 4.78 is 7.73. The number of amides is 1. The number of fused-ring (bicyclic) bond motifs is 1. The predicted molar refractivity (Wildman–Crippen MR) is 104 cm³/mol. The number of carbonyl (C=O) groups excluding carboxylic acids is 1. The zero-order valence-corrected chi connectivity index (χ0v) is 16.2. The first kappa shape index (κ1) is 17.7. The van der Waals surface area contributed by atoms with Gasteiger partial charge in [0.2, 0.25) is 5.91 Å². The van der Waals surface area contributed by atoms with Crippen molar-refractivity contribution in [2.45, 2.75) is 39.3 Å². The van der Waals surface area contributed by atoms with Gasteiger partial charge in [0, 0.05) is 32.1 Å². The molecule has 1 atom stereocenters. The summed E-state index contributed by atoms with van der Waals surface area (Å²) in [4.78, 5) is 17.8. The van der Waals surface area contributed by atoms with Crippen LogP contribution in [0.4, 0.5) is 0 Å². The lowest BCUT2D eigenvalue weighted by Crippen LogP contribution is -2.46. The van der Waals surface area contributed by atoms with Crippen LogP contribution in [0.3, 0.4) is 0 Å². The SMILES string of the molecule is CC1CCCN(C(=O)C2CCN(Cn3c(=S)oc4ccccc43)CC2)C1. The number of piperidine rings is 2. The Balaban J connectivity index is 1.37. The van der Waals surface area contributed by atoms with E-state index in [0.717, 1.165) is 63.2 Å². The maximum absolute atomic E-state index is 12.8. The van der Waals surface area contributed by atoms with Crippen molar-refractivity contribution in [3.63, 3.8) is 0 Å². The fourth-order valence-corrected chi connectivity index (χ4v) is 4.56. The number of hydrogen-bond acceptors (Lipinski definition) is 4. The molecular formula is C20H27N3O2S. The van der Waals surface area contributed by atoms with E-state index in [1.54, 1.807) is 0 Å². The average molecular weight is 374 g/mol. The first-order valence-corrected chi connectivity index (χ1v) is 10.1. The first-order chi connectivity index (χ1) is 12.6. The van der Waals surface area contributed by atoms with Gasteiger partial charge in [0.05, 0.1) is 12.2 Å². The molecule has 0 spiro atoms. The van der Waals surface area contributed by atoms with Crippen LogP contribution in [0.1, 0.15) is 32.6 Å². The summed E-state index contributed by atoms with van der Waals surface area (Å²) in [5.74, 6) is 1.20. The molecule has 0 saturated carbocycles. The largest absolute Gasteiger partial charge is 0.429 e. The van der Waals surface area contributed by atoms with Crippen molar-refractivity contribution in [3.05, 3.63) is 29.1 Å². The van der Waals surface area contributed by atoms with Crippen molar-refractivity contribution in [2.24, 2.45) is 11.8 Å². The molecule has 1 aromatic carbocycles. The van der Waals surface area contributed by atoms with E-state index in [9.17, 15) is 4.79 Å². The van der Waals surface area contributed by atoms with Gasteiger partial charge in [-0.3, -0.25) is 14.3 Å². The van der Waals surface area contributed by atoms with Crippen LogP contribution in [0.25, 0.3) is 11.1 Å². The van der Waals surface area contributed by atoms with Crippen LogP contribution in [0.5, 0.6) is 0 Å². The van der Waals surface area contributed by atoms with Crippen molar-refractivity contribution in [2.75, 3.05) is 26.2 Å². The molecule has 2 aliphatic rings. The molecule has 0 aliphatic carbocycles. The van der Waals surface area contributed by atoms with E-state index in [4.69, 9.17) is 16.6 Å². The Hall–Kier alpha value is -1.66. The van der Waals surface area contributed by atoms with E-state index in [2.05, 4.69) is 21.3 Å². The van der Waals surface area contributed by atoms with E-state index in [-0.39, 0.29) is 5.92 Å². The molecular weight excluding hydrogens is 346 g/mol. The summed E-state index contributed by atoms with van der Waals surface area (Å²) in [5, 5.41) is 0. The smallest absolute Gasteiger partial charge is 0.270 e. The fraction of sp³-hybridized carbons (Fsp3) is 0.600. The third-order valence-electron chi connectivity index (χ3n) is 5.82. The van der Waals surface area contributed by atoms with E-state index >= 15 is 0 Å². The van der Waals surface area contributed by atoms with E-state index in [1.165, 1.54) is 6.42 Å². The molecule has 3 heterocycles. The summed E-state index contributed by atoms with van der Waals surface area (Å²) >= 11 is 5.39. The fourth-order valence-electron chi connectivity index (χ4n) is 4.32. The van der Waals surface area contributed by atoms with Gasteiger partial charge in [-0.15, -0.1) is 0 Å². The molecule has 1 amide bonds. The van der Waals surface area contributed by atoms with Gasteiger partial charge in [-0.1, -0.05) is 19.1 Å². The average Bonchev–Trinajstić information content (AvgIpc) is 2.97. The molecule has 1 unspecified atom stereocenters. The van der Waals surface area contributed by atoms with Crippen LogP contribution in [-0.2, 0) is 11.5 Å². The summed E-state index contributed by atoms with van der Waals surface area (Å²) in [6, 6.07) is 7.96. The third kappa shape index (κ3) is 3.58. The minimum Gasteiger partial charge on any atom is -0.429 e. The molecule has 6 heteroatoms. The van der Waals surface area contributed by atoms with Crippen molar-refractivity contribution >= 4 is 29.2 Å². The number of carbonyl (C=O) groups is 1. The Morgan fingerprint density at radius 1 is 1.19 bits per heavy atom. The van der Waals surface area contributed by atoms with Crippen molar-refractivity contribution in [3.8, 4) is 0 Å². The van der Waals surface area contributed by atoms with Gasteiger partial charge in [0.25, 0.3) is 4.84 Å². The van der Waals surface area contributed by atoms with Gasteiger partial charge < -0.3 is 9.32 Å². The molecule has 0 bridgehead atoms.